The third-order valence-electron chi connectivity index (χ3n) is 3.80. The highest BCUT2D eigenvalue weighted by atomic mass is 28.4. The largest absolute Gasteiger partial charge is 0.406 e. The van der Waals surface area contributed by atoms with Crippen LogP contribution < -0.4 is 5.73 Å². The quantitative estimate of drug-likeness (QED) is 0.751. The number of hydrogen-bond acceptors (Lipinski definition) is 2. The fraction of sp³-hybridized carbons (Fsp3) is 0.692. The van der Waals surface area contributed by atoms with Gasteiger partial charge in [-0.2, -0.15) is 0 Å². The number of nitrogens with two attached hydrogens (primary N) is 1. The summed E-state index contributed by atoms with van der Waals surface area (Å²) in [5.41, 5.74) is 5.77. The van der Waals surface area contributed by atoms with E-state index in [1.807, 2.05) is 18.2 Å². The summed E-state index contributed by atoms with van der Waals surface area (Å²) in [4.78, 5) is 0. The van der Waals surface area contributed by atoms with Gasteiger partial charge in [0.25, 0.3) is 0 Å². The Morgan fingerprint density at radius 1 is 1.25 bits per heavy atom. The van der Waals surface area contributed by atoms with Gasteiger partial charge in [0.05, 0.1) is 11.6 Å². The first-order valence-corrected chi connectivity index (χ1v) is 8.81. The summed E-state index contributed by atoms with van der Waals surface area (Å²) >= 11 is 0. The second-order valence-electron chi connectivity index (χ2n) is 6.32. The molecule has 2 N–H and O–H groups in total. The highest BCUT2D eigenvalue weighted by molar-refractivity contribution is 6.74. The number of allylic oxidation sites excluding steroid dienone is 2. The highest BCUT2D eigenvalue weighted by Crippen LogP contribution is 2.40. The van der Waals surface area contributed by atoms with E-state index >= 15 is 0 Å². The highest BCUT2D eigenvalue weighted by Gasteiger charge is 2.44. The molecule has 1 aliphatic rings. The molecule has 2 atom stereocenters. The van der Waals surface area contributed by atoms with E-state index in [0.717, 1.165) is 0 Å². The molecule has 2 unspecified atom stereocenters. The first-order chi connectivity index (χ1) is 7.08. The zero-order chi connectivity index (χ0) is 12.6. The molecule has 0 bridgehead atoms. The molecule has 0 amide bonds. The van der Waals surface area contributed by atoms with Gasteiger partial charge in [-0.1, -0.05) is 45.1 Å². The van der Waals surface area contributed by atoms with E-state index in [2.05, 4.69) is 46.9 Å². The van der Waals surface area contributed by atoms with E-state index in [0.29, 0.717) is 0 Å². The molecule has 92 valence electrons. The van der Waals surface area contributed by atoms with Crippen molar-refractivity contribution in [1.29, 1.82) is 0 Å². The maximum absolute atomic E-state index is 6.42. The van der Waals surface area contributed by atoms with Crippen LogP contribution in [0.5, 0.6) is 0 Å². The van der Waals surface area contributed by atoms with Gasteiger partial charge in [0.1, 0.15) is 0 Å². The Hall–Kier alpha value is -0.383. The summed E-state index contributed by atoms with van der Waals surface area (Å²) < 4.78 is 6.42. The predicted octanol–water partition coefficient (Wildman–Crippen LogP) is 3.22. The van der Waals surface area contributed by atoms with Crippen LogP contribution in [0.3, 0.4) is 0 Å². The lowest BCUT2D eigenvalue weighted by Crippen LogP contribution is -2.55. The van der Waals surface area contributed by atoms with Crippen LogP contribution in [0.2, 0.25) is 18.1 Å². The molecule has 0 aliphatic heterocycles. The molecular weight excluding hydrogens is 214 g/mol. The maximum atomic E-state index is 6.42. The molecule has 0 aromatic carbocycles. The molecule has 0 heterocycles. The Morgan fingerprint density at radius 2 is 1.81 bits per heavy atom. The Labute approximate surface area is 101 Å². The van der Waals surface area contributed by atoms with Gasteiger partial charge in [-0.15, -0.1) is 0 Å². The monoisotopic (exact) mass is 239 g/mol. The zero-order valence-corrected chi connectivity index (χ0v) is 12.4. The lowest BCUT2D eigenvalue weighted by molar-refractivity contribution is 0.107. The van der Waals surface area contributed by atoms with E-state index in [-0.39, 0.29) is 16.7 Å². The molecule has 0 saturated heterocycles. The minimum absolute atomic E-state index is 0.0494. The predicted molar refractivity (Wildman–Crippen MR) is 72.9 cm³/mol. The summed E-state index contributed by atoms with van der Waals surface area (Å²) in [6, 6.07) is -0.0494. The van der Waals surface area contributed by atoms with Crippen molar-refractivity contribution < 1.29 is 4.43 Å². The van der Waals surface area contributed by atoms with Crippen LogP contribution >= 0.6 is 0 Å². The average molecular weight is 239 g/mol. The van der Waals surface area contributed by atoms with Crippen LogP contribution in [0, 0.1) is 0 Å². The third-order valence-corrected chi connectivity index (χ3v) is 8.36. The maximum Gasteiger partial charge on any atom is 0.193 e. The molecule has 16 heavy (non-hydrogen) atoms. The molecule has 3 heteroatoms. The first-order valence-electron chi connectivity index (χ1n) is 5.90. The van der Waals surface area contributed by atoms with Crippen molar-refractivity contribution in [2.24, 2.45) is 5.73 Å². The van der Waals surface area contributed by atoms with Crippen molar-refractivity contribution in [3.05, 3.63) is 24.3 Å². The molecular formula is C13H25NOSi. The van der Waals surface area contributed by atoms with Crippen molar-refractivity contribution in [2.45, 2.75) is 57.5 Å². The second-order valence-corrected chi connectivity index (χ2v) is 11.0. The third kappa shape index (κ3) is 2.65. The van der Waals surface area contributed by atoms with Crippen LogP contribution in [0.25, 0.3) is 0 Å². The molecule has 0 saturated carbocycles. The lowest BCUT2D eigenvalue weighted by atomic mass is 9.93. The normalized spacial score (nSPS) is 30.8. The van der Waals surface area contributed by atoms with Crippen molar-refractivity contribution in [3.8, 4) is 0 Å². The van der Waals surface area contributed by atoms with Gasteiger partial charge in [-0.05, 0) is 25.1 Å². The summed E-state index contributed by atoms with van der Waals surface area (Å²) in [7, 11) is -1.77. The van der Waals surface area contributed by atoms with E-state index in [9.17, 15) is 0 Å². The molecule has 0 radical (unpaired) electrons. The molecule has 0 aromatic rings. The van der Waals surface area contributed by atoms with E-state index in [4.69, 9.17) is 10.2 Å². The fourth-order valence-electron chi connectivity index (χ4n) is 1.54. The summed E-state index contributed by atoms with van der Waals surface area (Å²) in [6.07, 6.45) is 8.10. The van der Waals surface area contributed by atoms with Crippen LogP contribution in [0.1, 0.15) is 27.7 Å². The summed E-state index contributed by atoms with van der Waals surface area (Å²) in [5, 5.41) is 0.213. The Bertz CT molecular complexity index is 314. The van der Waals surface area contributed by atoms with Crippen LogP contribution in [0.15, 0.2) is 24.3 Å². The molecule has 1 aliphatic carbocycles. The average Bonchev–Trinajstić information content (AvgIpc) is 2.07. The van der Waals surface area contributed by atoms with Crippen molar-refractivity contribution >= 4 is 8.32 Å². The first kappa shape index (κ1) is 13.7. The van der Waals surface area contributed by atoms with Gasteiger partial charge in [0.2, 0.25) is 0 Å². The summed E-state index contributed by atoms with van der Waals surface area (Å²) in [5.74, 6) is 0. The SMILES string of the molecule is CC1(O[Si](C)(C)C(C)(C)C)C=CC=CC1N. The Morgan fingerprint density at radius 3 is 2.25 bits per heavy atom. The van der Waals surface area contributed by atoms with E-state index < -0.39 is 8.32 Å². The van der Waals surface area contributed by atoms with Gasteiger partial charge in [-0.25, -0.2) is 0 Å². The zero-order valence-electron chi connectivity index (χ0n) is 11.4. The van der Waals surface area contributed by atoms with Gasteiger partial charge < -0.3 is 10.2 Å². The van der Waals surface area contributed by atoms with E-state index in [1.54, 1.807) is 0 Å². The molecule has 0 aromatic heterocycles. The smallest absolute Gasteiger partial charge is 0.193 e. The number of hydrogen-bond donors (Lipinski definition) is 1. The minimum atomic E-state index is -1.77. The van der Waals surface area contributed by atoms with Crippen LogP contribution in [0.4, 0.5) is 0 Å². The minimum Gasteiger partial charge on any atom is -0.406 e. The van der Waals surface area contributed by atoms with Gasteiger partial charge in [0, 0.05) is 0 Å². The molecule has 2 nitrogen and oxygen atoms in total. The van der Waals surface area contributed by atoms with Gasteiger partial charge in [-0.3, -0.25) is 0 Å². The molecule has 0 fully saturated rings. The van der Waals surface area contributed by atoms with Crippen LogP contribution in [-0.2, 0) is 4.43 Å². The Balaban J connectivity index is 2.89. The van der Waals surface area contributed by atoms with Crippen molar-refractivity contribution in [2.75, 3.05) is 0 Å². The molecule has 0 spiro atoms. The van der Waals surface area contributed by atoms with Crippen molar-refractivity contribution in [1.82, 2.24) is 0 Å². The fourth-order valence-corrected chi connectivity index (χ4v) is 3.15. The van der Waals surface area contributed by atoms with Gasteiger partial charge in [0.15, 0.2) is 8.32 Å². The standard InChI is InChI=1S/C13H25NOSi/c1-12(2,3)16(5,6)15-13(4)10-8-7-9-11(13)14/h7-11H,14H2,1-6H3. The number of rotatable bonds is 2. The molecule has 1 rings (SSSR count). The van der Waals surface area contributed by atoms with Crippen molar-refractivity contribution in [3.63, 3.8) is 0 Å². The topological polar surface area (TPSA) is 35.2 Å². The summed E-state index contributed by atoms with van der Waals surface area (Å²) in [6.45, 7) is 13.3. The second kappa shape index (κ2) is 4.13. The van der Waals surface area contributed by atoms with E-state index in [1.165, 1.54) is 0 Å². The van der Waals surface area contributed by atoms with Gasteiger partial charge >= 0.3 is 0 Å². The van der Waals surface area contributed by atoms with Crippen LogP contribution in [-0.4, -0.2) is 20.0 Å². The Kier molecular flexibility index (Phi) is 3.53. The lowest BCUT2D eigenvalue weighted by Gasteiger charge is -2.45.